The Morgan fingerprint density at radius 3 is 2.54 bits per heavy atom. The van der Waals surface area contributed by atoms with Gasteiger partial charge >= 0.3 is 0 Å². The van der Waals surface area contributed by atoms with Crippen molar-refractivity contribution in [1.82, 2.24) is 10.2 Å². The maximum Gasteiger partial charge on any atom is 0.255 e. The van der Waals surface area contributed by atoms with Gasteiger partial charge in [-0.1, -0.05) is 54.4 Å². The van der Waals surface area contributed by atoms with E-state index in [0.29, 0.717) is 60.5 Å². The van der Waals surface area contributed by atoms with E-state index in [1.807, 2.05) is 54.3 Å². The average Bonchev–Trinajstić information content (AvgIpc) is 2.95. The minimum Gasteiger partial charge on any atom is -0.493 e. The molecular weight excluding hydrogens is 535 g/mol. The fourth-order valence-electron chi connectivity index (χ4n) is 4.94. The van der Waals surface area contributed by atoms with Crippen LogP contribution in [0.2, 0.25) is 10.0 Å². The van der Waals surface area contributed by atoms with E-state index in [9.17, 15) is 9.59 Å². The van der Waals surface area contributed by atoms with Crippen LogP contribution in [0, 0.1) is 0 Å². The summed E-state index contributed by atoms with van der Waals surface area (Å²) in [6, 6.07) is 18.7. The van der Waals surface area contributed by atoms with Gasteiger partial charge in [0.1, 0.15) is 5.75 Å². The smallest absolute Gasteiger partial charge is 0.255 e. The molecule has 0 unspecified atom stereocenters. The summed E-state index contributed by atoms with van der Waals surface area (Å²) in [5.74, 6) is 0.451. The lowest BCUT2D eigenvalue weighted by Gasteiger charge is -2.43. The molecule has 0 spiro atoms. The SMILES string of the molecule is CCOc1ccccc1-c1ccc(N2CCN(C(=O)c3ccc(Cl)cc3Cl)C[C@@H]2CC)c(C(=O)NCCN)c1. The first-order chi connectivity index (χ1) is 18.9. The number of piperazine rings is 1. The molecule has 0 saturated carbocycles. The van der Waals surface area contributed by atoms with Crippen LogP contribution in [0.4, 0.5) is 5.69 Å². The van der Waals surface area contributed by atoms with Crippen LogP contribution in [0.15, 0.2) is 60.7 Å². The summed E-state index contributed by atoms with van der Waals surface area (Å²) in [6.45, 7) is 6.87. The zero-order valence-corrected chi connectivity index (χ0v) is 23.8. The number of nitrogens with zero attached hydrogens (tertiary/aromatic N) is 2. The maximum absolute atomic E-state index is 13.4. The van der Waals surface area contributed by atoms with Crippen molar-refractivity contribution >= 4 is 40.7 Å². The van der Waals surface area contributed by atoms with E-state index in [4.69, 9.17) is 33.7 Å². The molecule has 0 aromatic heterocycles. The normalized spacial score (nSPS) is 15.3. The number of amides is 2. The monoisotopic (exact) mass is 568 g/mol. The van der Waals surface area contributed by atoms with E-state index in [-0.39, 0.29) is 17.9 Å². The van der Waals surface area contributed by atoms with Crippen molar-refractivity contribution in [2.75, 3.05) is 44.2 Å². The zero-order chi connectivity index (χ0) is 27.9. The molecule has 1 aliphatic rings. The topological polar surface area (TPSA) is 87.9 Å². The molecule has 0 radical (unpaired) electrons. The highest BCUT2D eigenvalue weighted by atomic mass is 35.5. The Hall–Kier alpha value is -3.26. The Labute approximate surface area is 239 Å². The van der Waals surface area contributed by atoms with Gasteiger partial charge in [-0.3, -0.25) is 9.59 Å². The van der Waals surface area contributed by atoms with Gasteiger partial charge in [0, 0.05) is 55.0 Å². The van der Waals surface area contributed by atoms with Crippen LogP contribution < -0.4 is 20.7 Å². The second kappa shape index (κ2) is 13.2. The first kappa shape index (κ1) is 28.7. The van der Waals surface area contributed by atoms with Gasteiger partial charge in [-0.15, -0.1) is 0 Å². The standard InChI is InChI=1S/C30H34Cl2N4O3/c1-3-22-19-35(30(38)24-11-10-21(31)18-26(24)32)15-16-36(22)27-12-9-20(17-25(27)29(37)34-14-13-33)23-7-5-6-8-28(23)39-4-2/h5-12,17-18,22H,3-4,13-16,19,33H2,1-2H3,(H,34,37)/t22-/m0/s1. The third-order valence-corrected chi connectivity index (χ3v) is 7.43. The first-order valence-electron chi connectivity index (χ1n) is 13.2. The van der Waals surface area contributed by atoms with Crippen molar-refractivity contribution in [1.29, 1.82) is 0 Å². The van der Waals surface area contributed by atoms with Gasteiger partial charge in [0.15, 0.2) is 0 Å². The molecule has 9 heteroatoms. The summed E-state index contributed by atoms with van der Waals surface area (Å²) in [5.41, 5.74) is 9.29. The third kappa shape index (κ3) is 6.49. The number of nitrogens with one attached hydrogen (secondary N) is 1. The maximum atomic E-state index is 13.4. The number of ether oxygens (including phenoxy) is 1. The molecule has 0 bridgehead atoms. The number of rotatable bonds is 9. The minimum atomic E-state index is -0.188. The molecular formula is C30H34Cl2N4O3. The largest absolute Gasteiger partial charge is 0.493 e. The Morgan fingerprint density at radius 1 is 1.03 bits per heavy atom. The summed E-state index contributed by atoms with van der Waals surface area (Å²) in [7, 11) is 0. The van der Waals surface area contributed by atoms with E-state index < -0.39 is 0 Å². The number of para-hydroxylation sites is 1. The van der Waals surface area contributed by atoms with Gasteiger partial charge in [-0.2, -0.15) is 0 Å². The lowest BCUT2D eigenvalue weighted by atomic mass is 9.98. The summed E-state index contributed by atoms with van der Waals surface area (Å²) >= 11 is 12.4. The fraction of sp³-hybridized carbons (Fsp3) is 0.333. The number of carbonyl (C=O) groups is 2. The Balaban J connectivity index is 1.66. The number of hydrogen-bond acceptors (Lipinski definition) is 5. The van der Waals surface area contributed by atoms with Gasteiger partial charge in [-0.05, 0) is 55.3 Å². The Morgan fingerprint density at radius 2 is 1.82 bits per heavy atom. The molecule has 1 saturated heterocycles. The molecule has 1 fully saturated rings. The molecule has 39 heavy (non-hydrogen) atoms. The predicted molar refractivity (Wildman–Crippen MR) is 158 cm³/mol. The molecule has 7 nitrogen and oxygen atoms in total. The number of nitrogens with two attached hydrogens (primary N) is 1. The quantitative estimate of drug-likeness (QED) is 0.356. The summed E-state index contributed by atoms with van der Waals surface area (Å²) in [4.78, 5) is 30.7. The lowest BCUT2D eigenvalue weighted by molar-refractivity contribution is 0.0720. The fourth-order valence-corrected chi connectivity index (χ4v) is 5.43. The van der Waals surface area contributed by atoms with Crippen LogP contribution in [0.25, 0.3) is 11.1 Å². The van der Waals surface area contributed by atoms with Crippen LogP contribution in [-0.2, 0) is 0 Å². The molecule has 0 aliphatic carbocycles. The van der Waals surface area contributed by atoms with E-state index in [0.717, 1.165) is 29.0 Å². The van der Waals surface area contributed by atoms with Crippen LogP contribution in [0.5, 0.6) is 5.75 Å². The average molecular weight is 570 g/mol. The molecule has 4 rings (SSSR count). The number of benzene rings is 3. The van der Waals surface area contributed by atoms with Crippen molar-refractivity contribution in [3.8, 4) is 16.9 Å². The van der Waals surface area contributed by atoms with E-state index in [2.05, 4.69) is 17.1 Å². The van der Waals surface area contributed by atoms with Gasteiger partial charge in [0.05, 0.1) is 22.8 Å². The zero-order valence-electron chi connectivity index (χ0n) is 22.3. The molecule has 3 N–H and O–H groups in total. The van der Waals surface area contributed by atoms with E-state index in [1.165, 1.54) is 0 Å². The third-order valence-electron chi connectivity index (χ3n) is 6.88. The first-order valence-corrected chi connectivity index (χ1v) is 14.0. The van der Waals surface area contributed by atoms with Crippen molar-refractivity contribution in [2.24, 2.45) is 5.73 Å². The van der Waals surface area contributed by atoms with Crippen LogP contribution >= 0.6 is 23.2 Å². The summed E-state index contributed by atoms with van der Waals surface area (Å²) in [5, 5.41) is 3.75. The molecule has 3 aromatic rings. The Kier molecular flexibility index (Phi) is 9.73. The second-order valence-corrected chi connectivity index (χ2v) is 10.2. The molecule has 206 valence electrons. The van der Waals surface area contributed by atoms with E-state index >= 15 is 0 Å². The molecule has 1 heterocycles. The Bertz CT molecular complexity index is 1330. The van der Waals surface area contributed by atoms with Gasteiger partial charge < -0.3 is 25.6 Å². The summed E-state index contributed by atoms with van der Waals surface area (Å²) < 4.78 is 5.84. The van der Waals surface area contributed by atoms with Crippen LogP contribution in [-0.4, -0.2) is 62.1 Å². The molecule has 2 amide bonds. The van der Waals surface area contributed by atoms with Gasteiger partial charge in [-0.25, -0.2) is 0 Å². The second-order valence-electron chi connectivity index (χ2n) is 9.34. The number of anilines is 1. The van der Waals surface area contributed by atoms with Crippen LogP contribution in [0.3, 0.4) is 0 Å². The molecule has 1 atom stereocenters. The highest BCUT2D eigenvalue weighted by molar-refractivity contribution is 6.36. The number of hydrogen-bond donors (Lipinski definition) is 2. The van der Waals surface area contributed by atoms with Crippen molar-refractivity contribution in [2.45, 2.75) is 26.3 Å². The van der Waals surface area contributed by atoms with Crippen molar-refractivity contribution in [3.05, 3.63) is 81.8 Å². The van der Waals surface area contributed by atoms with E-state index in [1.54, 1.807) is 18.2 Å². The van der Waals surface area contributed by atoms with Crippen LogP contribution in [0.1, 0.15) is 41.0 Å². The lowest BCUT2D eigenvalue weighted by Crippen LogP contribution is -2.55. The van der Waals surface area contributed by atoms with Crippen molar-refractivity contribution < 1.29 is 14.3 Å². The highest BCUT2D eigenvalue weighted by Crippen LogP contribution is 2.35. The highest BCUT2D eigenvalue weighted by Gasteiger charge is 2.32. The van der Waals surface area contributed by atoms with Crippen molar-refractivity contribution in [3.63, 3.8) is 0 Å². The van der Waals surface area contributed by atoms with Gasteiger partial charge in [0.2, 0.25) is 0 Å². The predicted octanol–water partition coefficient (Wildman–Crippen LogP) is 5.49. The molecule has 3 aromatic carbocycles. The number of carbonyl (C=O) groups excluding carboxylic acids is 2. The molecule has 1 aliphatic heterocycles. The summed E-state index contributed by atoms with van der Waals surface area (Å²) in [6.07, 6.45) is 0.789. The van der Waals surface area contributed by atoms with Gasteiger partial charge in [0.25, 0.3) is 11.8 Å². The minimum absolute atomic E-state index is 0.0106. The number of halogens is 2.